The number of ether oxygens (including phenoxy) is 1. The standard InChI is InChI=1S/C20H28N4O/c1-16-8-10-24(11-9-16)19(17-6-4-3-5-7-17)13-21-20-12-18(14-25-2)22-15-23-20/h3-7,12,15-16,19H,8-11,13-14H2,1-2H3,(H,21,22,23). The number of piperidine rings is 1. The Morgan fingerprint density at radius 2 is 1.96 bits per heavy atom. The molecule has 1 aromatic carbocycles. The van der Waals surface area contributed by atoms with E-state index >= 15 is 0 Å². The molecular formula is C20H28N4O. The van der Waals surface area contributed by atoms with E-state index in [1.54, 1.807) is 13.4 Å². The summed E-state index contributed by atoms with van der Waals surface area (Å²) in [6.45, 7) is 6.00. The highest BCUT2D eigenvalue weighted by molar-refractivity contribution is 5.35. The number of benzene rings is 1. The van der Waals surface area contributed by atoms with Gasteiger partial charge in [0.1, 0.15) is 12.1 Å². The summed E-state index contributed by atoms with van der Waals surface area (Å²) < 4.78 is 5.16. The lowest BCUT2D eigenvalue weighted by molar-refractivity contribution is 0.143. The van der Waals surface area contributed by atoms with Crippen molar-refractivity contribution >= 4 is 5.82 Å². The number of hydrogen-bond donors (Lipinski definition) is 1. The molecule has 1 aliphatic rings. The molecule has 0 radical (unpaired) electrons. The van der Waals surface area contributed by atoms with Crippen LogP contribution in [0.2, 0.25) is 0 Å². The minimum Gasteiger partial charge on any atom is -0.378 e. The van der Waals surface area contributed by atoms with Gasteiger partial charge in [-0.3, -0.25) is 4.90 Å². The second-order valence-electron chi connectivity index (χ2n) is 6.85. The second-order valence-corrected chi connectivity index (χ2v) is 6.85. The molecule has 0 bridgehead atoms. The minimum absolute atomic E-state index is 0.356. The Balaban J connectivity index is 1.70. The van der Waals surface area contributed by atoms with Gasteiger partial charge in [0, 0.05) is 19.7 Å². The molecular weight excluding hydrogens is 312 g/mol. The normalized spacial score (nSPS) is 17.4. The zero-order valence-electron chi connectivity index (χ0n) is 15.2. The summed E-state index contributed by atoms with van der Waals surface area (Å²) in [5.41, 5.74) is 2.25. The molecule has 5 nitrogen and oxygen atoms in total. The van der Waals surface area contributed by atoms with Gasteiger partial charge in [0.25, 0.3) is 0 Å². The van der Waals surface area contributed by atoms with Crippen molar-refractivity contribution in [1.82, 2.24) is 14.9 Å². The third-order valence-corrected chi connectivity index (χ3v) is 4.94. The largest absolute Gasteiger partial charge is 0.378 e. The summed E-state index contributed by atoms with van der Waals surface area (Å²) in [4.78, 5) is 11.2. The number of anilines is 1. The molecule has 0 saturated carbocycles. The van der Waals surface area contributed by atoms with E-state index in [0.29, 0.717) is 12.6 Å². The molecule has 0 amide bonds. The Kier molecular flexibility index (Phi) is 6.36. The first-order valence-electron chi connectivity index (χ1n) is 9.09. The molecule has 134 valence electrons. The van der Waals surface area contributed by atoms with Gasteiger partial charge in [-0.25, -0.2) is 9.97 Å². The van der Waals surface area contributed by atoms with Gasteiger partial charge in [-0.15, -0.1) is 0 Å². The fourth-order valence-corrected chi connectivity index (χ4v) is 3.40. The zero-order chi connectivity index (χ0) is 17.5. The average Bonchev–Trinajstić information content (AvgIpc) is 2.65. The number of aromatic nitrogens is 2. The second kappa shape index (κ2) is 8.92. The zero-order valence-corrected chi connectivity index (χ0v) is 15.2. The van der Waals surface area contributed by atoms with Crippen LogP contribution in [0.1, 0.15) is 37.1 Å². The van der Waals surface area contributed by atoms with Crippen molar-refractivity contribution in [2.24, 2.45) is 5.92 Å². The quantitative estimate of drug-likeness (QED) is 0.836. The lowest BCUT2D eigenvalue weighted by Crippen LogP contribution is -2.39. The predicted octanol–water partition coefficient (Wildman–Crippen LogP) is 3.51. The van der Waals surface area contributed by atoms with Crippen LogP contribution in [-0.4, -0.2) is 41.6 Å². The third kappa shape index (κ3) is 5.00. The van der Waals surface area contributed by atoms with Gasteiger partial charge >= 0.3 is 0 Å². The summed E-state index contributed by atoms with van der Waals surface area (Å²) in [6, 6.07) is 13.1. The maximum Gasteiger partial charge on any atom is 0.129 e. The molecule has 0 spiro atoms. The van der Waals surface area contributed by atoms with Crippen LogP contribution < -0.4 is 5.32 Å². The first kappa shape index (κ1) is 17.8. The number of rotatable bonds is 7. The molecule has 2 aromatic rings. The topological polar surface area (TPSA) is 50.3 Å². The van der Waals surface area contributed by atoms with E-state index in [2.05, 4.69) is 57.4 Å². The molecule has 1 N–H and O–H groups in total. The molecule has 1 saturated heterocycles. The van der Waals surface area contributed by atoms with Crippen molar-refractivity contribution in [3.8, 4) is 0 Å². The van der Waals surface area contributed by atoms with E-state index in [-0.39, 0.29) is 0 Å². The van der Waals surface area contributed by atoms with Gasteiger partial charge in [0.05, 0.1) is 18.3 Å². The van der Waals surface area contributed by atoms with Gasteiger partial charge in [0.2, 0.25) is 0 Å². The summed E-state index contributed by atoms with van der Waals surface area (Å²) in [5, 5.41) is 3.50. The first-order valence-corrected chi connectivity index (χ1v) is 9.09. The van der Waals surface area contributed by atoms with E-state index in [1.165, 1.54) is 18.4 Å². The third-order valence-electron chi connectivity index (χ3n) is 4.94. The highest BCUT2D eigenvalue weighted by Crippen LogP contribution is 2.27. The lowest BCUT2D eigenvalue weighted by atomic mass is 9.95. The van der Waals surface area contributed by atoms with Gasteiger partial charge in [-0.05, 0) is 37.4 Å². The Hall–Kier alpha value is -1.98. The van der Waals surface area contributed by atoms with Gasteiger partial charge in [-0.1, -0.05) is 37.3 Å². The molecule has 1 aromatic heterocycles. The highest BCUT2D eigenvalue weighted by Gasteiger charge is 2.24. The van der Waals surface area contributed by atoms with Crippen LogP contribution in [0.15, 0.2) is 42.7 Å². The molecule has 5 heteroatoms. The Morgan fingerprint density at radius 3 is 2.68 bits per heavy atom. The summed E-state index contributed by atoms with van der Waals surface area (Å²) in [5.74, 6) is 1.69. The molecule has 25 heavy (non-hydrogen) atoms. The minimum atomic E-state index is 0.356. The molecule has 1 unspecified atom stereocenters. The van der Waals surface area contributed by atoms with Gasteiger partial charge in [0.15, 0.2) is 0 Å². The van der Waals surface area contributed by atoms with E-state index < -0.39 is 0 Å². The van der Waals surface area contributed by atoms with E-state index in [4.69, 9.17) is 4.74 Å². The highest BCUT2D eigenvalue weighted by atomic mass is 16.5. The number of likely N-dealkylation sites (tertiary alicyclic amines) is 1. The van der Waals surface area contributed by atoms with Crippen LogP contribution >= 0.6 is 0 Å². The van der Waals surface area contributed by atoms with E-state index in [9.17, 15) is 0 Å². The van der Waals surface area contributed by atoms with Gasteiger partial charge < -0.3 is 10.1 Å². The van der Waals surface area contributed by atoms with Crippen molar-refractivity contribution in [2.75, 3.05) is 32.1 Å². The number of methoxy groups -OCH3 is 1. The van der Waals surface area contributed by atoms with E-state index in [0.717, 1.165) is 37.1 Å². The Labute approximate surface area is 150 Å². The van der Waals surface area contributed by atoms with Crippen molar-refractivity contribution in [3.05, 3.63) is 54.0 Å². The van der Waals surface area contributed by atoms with Gasteiger partial charge in [-0.2, -0.15) is 0 Å². The van der Waals surface area contributed by atoms with Crippen LogP contribution in [0.5, 0.6) is 0 Å². The number of nitrogens with one attached hydrogen (secondary N) is 1. The summed E-state index contributed by atoms with van der Waals surface area (Å²) in [7, 11) is 1.68. The Bertz CT molecular complexity index is 641. The number of nitrogens with zero attached hydrogens (tertiary/aromatic N) is 3. The van der Waals surface area contributed by atoms with Crippen LogP contribution in [-0.2, 0) is 11.3 Å². The van der Waals surface area contributed by atoms with Crippen molar-refractivity contribution in [1.29, 1.82) is 0 Å². The molecule has 2 heterocycles. The van der Waals surface area contributed by atoms with Crippen LogP contribution in [0, 0.1) is 5.92 Å². The first-order chi connectivity index (χ1) is 12.3. The van der Waals surface area contributed by atoms with Crippen LogP contribution in [0.3, 0.4) is 0 Å². The summed E-state index contributed by atoms with van der Waals surface area (Å²) in [6.07, 6.45) is 4.14. The maximum absolute atomic E-state index is 5.16. The SMILES string of the molecule is COCc1cc(NCC(c2ccccc2)N2CCC(C)CC2)ncn1. The summed E-state index contributed by atoms with van der Waals surface area (Å²) >= 11 is 0. The predicted molar refractivity (Wildman–Crippen MR) is 100 cm³/mol. The van der Waals surface area contributed by atoms with Crippen molar-refractivity contribution < 1.29 is 4.74 Å². The average molecular weight is 340 g/mol. The molecule has 3 rings (SSSR count). The monoisotopic (exact) mass is 340 g/mol. The molecule has 1 aliphatic heterocycles. The molecule has 0 aliphatic carbocycles. The fourth-order valence-electron chi connectivity index (χ4n) is 3.40. The smallest absolute Gasteiger partial charge is 0.129 e. The lowest BCUT2D eigenvalue weighted by Gasteiger charge is -2.37. The molecule has 1 atom stereocenters. The van der Waals surface area contributed by atoms with Crippen LogP contribution in [0.25, 0.3) is 0 Å². The van der Waals surface area contributed by atoms with E-state index in [1.807, 2.05) is 6.07 Å². The Morgan fingerprint density at radius 1 is 1.20 bits per heavy atom. The molecule has 1 fully saturated rings. The maximum atomic E-state index is 5.16. The van der Waals surface area contributed by atoms with Crippen molar-refractivity contribution in [2.45, 2.75) is 32.4 Å². The fraction of sp³-hybridized carbons (Fsp3) is 0.500. The van der Waals surface area contributed by atoms with Crippen LogP contribution in [0.4, 0.5) is 5.82 Å². The number of hydrogen-bond acceptors (Lipinski definition) is 5. The van der Waals surface area contributed by atoms with Crippen molar-refractivity contribution in [3.63, 3.8) is 0 Å².